The Morgan fingerprint density at radius 1 is 0.966 bits per heavy atom. The van der Waals surface area contributed by atoms with Crippen molar-refractivity contribution in [3.05, 3.63) is 94.0 Å². The van der Waals surface area contributed by atoms with Gasteiger partial charge < -0.3 is 10.1 Å². The second-order valence-electron chi connectivity index (χ2n) is 6.47. The van der Waals surface area contributed by atoms with Gasteiger partial charge in [-0.15, -0.1) is 0 Å². The summed E-state index contributed by atoms with van der Waals surface area (Å²) < 4.78 is 28.8. The van der Waals surface area contributed by atoms with Crippen molar-refractivity contribution in [1.82, 2.24) is 0 Å². The Morgan fingerprint density at radius 2 is 1.59 bits per heavy atom. The molecule has 0 aromatic heterocycles. The van der Waals surface area contributed by atoms with Crippen molar-refractivity contribution in [3.8, 4) is 5.75 Å². The van der Waals surface area contributed by atoms with Gasteiger partial charge in [-0.1, -0.05) is 42.5 Å². The van der Waals surface area contributed by atoms with E-state index in [0.29, 0.717) is 5.75 Å². The number of hydrogen-bond acceptors (Lipinski definition) is 6. The average Bonchev–Trinajstić information content (AvgIpc) is 2.72. The molecule has 3 aromatic carbocycles. The summed E-state index contributed by atoms with van der Waals surface area (Å²) in [4.78, 5) is 10.9. The van der Waals surface area contributed by atoms with Crippen LogP contribution in [0.3, 0.4) is 0 Å². The van der Waals surface area contributed by atoms with Gasteiger partial charge in [0, 0.05) is 12.3 Å². The summed E-state index contributed by atoms with van der Waals surface area (Å²) in [6.07, 6.45) is 1.02. The first kappa shape index (κ1) is 20.3. The van der Waals surface area contributed by atoms with Crippen LogP contribution in [0.25, 0.3) is 0 Å². The molecule has 0 saturated heterocycles. The maximum absolute atomic E-state index is 11.8. The summed E-state index contributed by atoms with van der Waals surface area (Å²) in [5.74, 6) is 0.698. The van der Waals surface area contributed by atoms with E-state index in [4.69, 9.17) is 4.74 Å². The first-order chi connectivity index (χ1) is 13.8. The third-order valence-electron chi connectivity index (χ3n) is 4.48. The fraction of sp³-hybridized carbons (Fsp3) is 0.143. The molecule has 150 valence electrons. The van der Waals surface area contributed by atoms with Gasteiger partial charge in [-0.2, -0.15) is 0 Å². The number of anilines is 1. The lowest BCUT2D eigenvalue weighted by Gasteiger charge is -2.21. The summed E-state index contributed by atoms with van der Waals surface area (Å²) in [6.45, 7) is 0. The zero-order valence-corrected chi connectivity index (χ0v) is 16.7. The molecular formula is C21H20N2O5S. The van der Waals surface area contributed by atoms with Crippen LogP contribution in [0.15, 0.2) is 77.7 Å². The number of nitrogens with one attached hydrogen (secondary N) is 1. The molecule has 0 spiro atoms. The highest BCUT2D eigenvalue weighted by Gasteiger charge is 2.22. The third-order valence-corrected chi connectivity index (χ3v) is 5.59. The Labute approximate surface area is 169 Å². The van der Waals surface area contributed by atoms with Crippen LogP contribution < -0.4 is 10.1 Å². The van der Waals surface area contributed by atoms with Crippen LogP contribution >= 0.6 is 0 Å². The van der Waals surface area contributed by atoms with Gasteiger partial charge in [0.1, 0.15) is 11.4 Å². The molecule has 3 aromatic rings. The fourth-order valence-corrected chi connectivity index (χ4v) is 3.61. The van der Waals surface area contributed by atoms with E-state index in [0.717, 1.165) is 23.4 Å². The zero-order chi connectivity index (χ0) is 21.0. The Hall–Kier alpha value is -3.39. The lowest BCUT2D eigenvalue weighted by Crippen LogP contribution is -2.14. The Balaban J connectivity index is 2.07. The second kappa shape index (κ2) is 8.32. The van der Waals surface area contributed by atoms with E-state index in [2.05, 4.69) is 5.32 Å². The van der Waals surface area contributed by atoms with Crippen molar-refractivity contribution in [2.24, 2.45) is 0 Å². The number of nitrogens with zero attached hydrogens (tertiary/aromatic N) is 1. The molecule has 0 saturated carbocycles. The standard InChI is InChI=1S/C21H20N2O5S/c1-28-17-10-8-16(9-11-17)21(15-6-4-3-5-7-15)22-19-13-12-18(29(2,26)27)14-20(19)23(24)25/h3-14,21-22H,1-2H3/t21-/m0/s1. The lowest BCUT2D eigenvalue weighted by atomic mass is 9.98. The summed E-state index contributed by atoms with van der Waals surface area (Å²) in [5, 5.41) is 14.8. The Morgan fingerprint density at radius 3 is 2.14 bits per heavy atom. The smallest absolute Gasteiger partial charge is 0.293 e. The molecule has 0 aliphatic heterocycles. The maximum atomic E-state index is 11.8. The van der Waals surface area contributed by atoms with Crippen LogP contribution in [0, 0.1) is 10.1 Å². The van der Waals surface area contributed by atoms with Crippen LogP contribution in [0.4, 0.5) is 11.4 Å². The minimum absolute atomic E-state index is 0.101. The predicted octanol–water partition coefficient (Wildman–Crippen LogP) is 4.21. The Kier molecular flexibility index (Phi) is 5.84. The number of rotatable bonds is 7. The van der Waals surface area contributed by atoms with Crippen LogP contribution in [0.1, 0.15) is 17.2 Å². The highest BCUT2D eigenvalue weighted by atomic mass is 32.2. The van der Waals surface area contributed by atoms with Crippen molar-refractivity contribution in [2.75, 3.05) is 18.7 Å². The van der Waals surface area contributed by atoms with Gasteiger partial charge in [0.05, 0.1) is 23.0 Å². The molecule has 0 heterocycles. The molecule has 8 heteroatoms. The molecule has 0 radical (unpaired) electrons. The first-order valence-electron chi connectivity index (χ1n) is 8.73. The monoisotopic (exact) mass is 412 g/mol. The highest BCUT2D eigenvalue weighted by molar-refractivity contribution is 7.90. The average molecular weight is 412 g/mol. The maximum Gasteiger partial charge on any atom is 0.293 e. The molecule has 0 fully saturated rings. The third kappa shape index (κ3) is 4.72. The molecule has 0 amide bonds. The summed E-state index contributed by atoms with van der Waals surface area (Å²) in [6, 6.07) is 20.3. The lowest BCUT2D eigenvalue weighted by molar-refractivity contribution is -0.384. The molecule has 0 aliphatic carbocycles. The van der Waals surface area contributed by atoms with Crippen LogP contribution in [-0.4, -0.2) is 26.7 Å². The molecule has 0 unspecified atom stereocenters. The first-order valence-corrected chi connectivity index (χ1v) is 10.6. The molecule has 0 aliphatic rings. The van der Waals surface area contributed by atoms with E-state index in [1.807, 2.05) is 54.6 Å². The van der Waals surface area contributed by atoms with Crippen molar-refractivity contribution in [2.45, 2.75) is 10.9 Å². The number of nitro groups is 1. The molecule has 7 nitrogen and oxygen atoms in total. The van der Waals surface area contributed by atoms with Crippen molar-refractivity contribution in [1.29, 1.82) is 0 Å². The normalized spacial score (nSPS) is 12.2. The number of methoxy groups -OCH3 is 1. The summed E-state index contributed by atoms with van der Waals surface area (Å²) >= 11 is 0. The molecule has 1 atom stereocenters. The SMILES string of the molecule is COc1ccc([C@@H](Nc2ccc(S(C)(=O)=O)cc2[N+](=O)[O-])c2ccccc2)cc1. The van der Waals surface area contributed by atoms with Crippen molar-refractivity contribution >= 4 is 21.2 Å². The molecule has 1 N–H and O–H groups in total. The van der Waals surface area contributed by atoms with Gasteiger partial charge in [-0.25, -0.2) is 8.42 Å². The largest absolute Gasteiger partial charge is 0.497 e. The molecule has 0 bridgehead atoms. The molecular weight excluding hydrogens is 392 g/mol. The minimum Gasteiger partial charge on any atom is -0.497 e. The quantitative estimate of drug-likeness (QED) is 0.461. The van der Waals surface area contributed by atoms with Gasteiger partial charge in [-0.3, -0.25) is 10.1 Å². The van der Waals surface area contributed by atoms with Gasteiger partial charge in [-0.05, 0) is 35.4 Å². The summed E-state index contributed by atoms with van der Waals surface area (Å²) in [5.41, 5.74) is 1.70. The minimum atomic E-state index is -3.56. The van der Waals surface area contributed by atoms with E-state index in [-0.39, 0.29) is 22.3 Å². The highest BCUT2D eigenvalue weighted by Crippen LogP contribution is 2.34. The molecule has 3 rings (SSSR count). The number of benzene rings is 3. The number of nitro benzene ring substituents is 1. The number of hydrogen-bond donors (Lipinski definition) is 1. The second-order valence-corrected chi connectivity index (χ2v) is 8.49. The van der Waals surface area contributed by atoms with E-state index in [1.165, 1.54) is 12.1 Å². The van der Waals surface area contributed by atoms with E-state index in [9.17, 15) is 18.5 Å². The van der Waals surface area contributed by atoms with Gasteiger partial charge >= 0.3 is 0 Å². The Bertz CT molecular complexity index is 1110. The number of sulfone groups is 1. The van der Waals surface area contributed by atoms with E-state index >= 15 is 0 Å². The van der Waals surface area contributed by atoms with Gasteiger partial charge in [0.15, 0.2) is 9.84 Å². The summed E-state index contributed by atoms with van der Waals surface area (Å²) in [7, 11) is -1.98. The zero-order valence-electron chi connectivity index (χ0n) is 15.9. The van der Waals surface area contributed by atoms with Crippen LogP contribution in [0.2, 0.25) is 0 Å². The van der Waals surface area contributed by atoms with Gasteiger partial charge in [0.25, 0.3) is 5.69 Å². The van der Waals surface area contributed by atoms with Crippen LogP contribution in [0.5, 0.6) is 5.75 Å². The van der Waals surface area contributed by atoms with Gasteiger partial charge in [0.2, 0.25) is 0 Å². The predicted molar refractivity (Wildman–Crippen MR) is 111 cm³/mol. The number of ether oxygens (including phenoxy) is 1. The van der Waals surface area contributed by atoms with E-state index in [1.54, 1.807) is 7.11 Å². The molecule has 29 heavy (non-hydrogen) atoms. The van der Waals surface area contributed by atoms with Crippen molar-refractivity contribution < 1.29 is 18.1 Å². The van der Waals surface area contributed by atoms with E-state index < -0.39 is 14.8 Å². The van der Waals surface area contributed by atoms with Crippen LogP contribution in [-0.2, 0) is 9.84 Å². The fourth-order valence-electron chi connectivity index (χ4n) is 2.97. The van der Waals surface area contributed by atoms with Crippen molar-refractivity contribution in [3.63, 3.8) is 0 Å². The topological polar surface area (TPSA) is 98.5 Å².